The van der Waals surface area contributed by atoms with Gasteiger partial charge in [-0.05, 0) is 71.3 Å². The standard InChI is InChI=1S/C32H48N2O3/c1-29(2,3)22-16-20(17-23(27(22)36)30(4,5)6)12-13-26(35)34-33-15-14-21-18-24(31(7,8)9)28-25(19-21)32(10,11)37-28/h16-19,33,36H,12-15H2,1-11H3,(H,34,35). The SMILES string of the molecule is CC(C)(C)c1cc(CCC(=O)NNCCc2cc(C(C)(C)C)c3c(c2)C(C)(C)O3)cc(C(C)(C)C)c1O. The lowest BCUT2D eigenvalue weighted by atomic mass is 9.78. The number of amides is 1. The van der Waals surface area contributed by atoms with E-state index in [0.29, 0.717) is 25.1 Å². The van der Waals surface area contributed by atoms with E-state index in [1.165, 1.54) is 16.7 Å². The Morgan fingerprint density at radius 2 is 1.30 bits per heavy atom. The highest BCUT2D eigenvalue weighted by Gasteiger charge is 2.40. The van der Waals surface area contributed by atoms with Crippen LogP contribution in [0.25, 0.3) is 0 Å². The summed E-state index contributed by atoms with van der Waals surface area (Å²) in [6, 6.07) is 8.58. The van der Waals surface area contributed by atoms with Gasteiger partial charge in [0.25, 0.3) is 0 Å². The molecule has 1 amide bonds. The van der Waals surface area contributed by atoms with Crippen LogP contribution in [0.5, 0.6) is 11.5 Å². The van der Waals surface area contributed by atoms with E-state index in [-0.39, 0.29) is 27.8 Å². The summed E-state index contributed by atoms with van der Waals surface area (Å²) in [4.78, 5) is 12.6. The van der Waals surface area contributed by atoms with Crippen LogP contribution in [0.4, 0.5) is 0 Å². The van der Waals surface area contributed by atoms with E-state index in [2.05, 4.69) is 111 Å². The molecule has 204 valence electrons. The van der Waals surface area contributed by atoms with E-state index < -0.39 is 0 Å². The minimum atomic E-state index is -0.249. The zero-order valence-electron chi connectivity index (χ0n) is 24.9. The van der Waals surface area contributed by atoms with Gasteiger partial charge in [0, 0.05) is 24.1 Å². The summed E-state index contributed by atoms with van der Waals surface area (Å²) in [7, 11) is 0. The summed E-state index contributed by atoms with van der Waals surface area (Å²) < 4.78 is 6.08. The van der Waals surface area contributed by atoms with Crippen LogP contribution in [0.3, 0.4) is 0 Å². The number of phenolic OH excluding ortho intramolecular Hbond substituents is 1. The molecule has 5 heteroatoms. The molecule has 1 aliphatic rings. The average molecular weight is 509 g/mol. The van der Waals surface area contributed by atoms with Crippen molar-refractivity contribution in [1.82, 2.24) is 10.9 Å². The highest BCUT2D eigenvalue weighted by atomic mass is 16.5. The van der Waals surface area contributed by atoms with Gasteiger partial charge in [0.05, 0.1) is 0 Å². The predicted octanol–water partition coefficient (Wildman–Crippen LogP) is 6.71. The molecule has 0 fully saturated rings. The highest BCUT2D eigenvalue weighted by molar-refractivity contribution is 5.75. The molecule has 1 heterocycles. The highest BCUT2D eigenvalue weighted by Crippen LogP contribution is 2.49. The van der Waals surface area contributed by atoms with Gasteiger partial charge in [0.1, 0.15) is 17.1 Å². The maximum atomic E-state index is 12.6. The molecular weight excluding hydrogens is 460 g/mol. The van der Waals surface area contributed by atoms with E-state index in [0.717, 1.165) is 28.9 Å². The molecule has 0 unspecified atom stereocenters. The number of carbonyl (C=O) groups is 1. The molecule has 0 atom stereocenters. The smallest absolute Gasteiger partial charge is 0.234 e. The monoisotopic (exact) mass is 508 g/mol. The molecule has 0 aliphatic carbocycles. The zero-order chi connectivity index (χ0) is 28.0. The zero-order valence-corrected chi connectivity index (χ0v) is 24.9. The molecule has 3 N–H and O–H groups in total. The van der Waals surface area contributed by atoms with Gasteiger partial charge in [-0.15, -0.1) is 0 Å². The van der Waals surface area contributed by atoms with Crippen LogP contribution in [-0.2, 0) is 39.5 Å². The van der Waals surface area contributed by atoms with Crippen molar-refractivity contribution in [3.8, 4) is 11.5 Å². The average Bonchev–Trinajstić information content (AvgIpc) is 2.73. The van der Waals surface area contributed by atoms with Gasteiger partial charge in [0.15, 0.2) is 0 Å². The van der Waals surface area contributed by atoms with Gasteiger partial charge in [0.2, 0.25) is 5.91 Å². The first-order chi connectivity index (χ1) is 16.8. The van der Waals surface area contributed by atoms with Crippen LogP contribution in [-0.4, -0.2) is 17.6 Å². The number of benzene rings is 2. The van der Waals surface area contributed by atoms with Crippen LogP contribution in [0.15, 0.2) is 24.3 Å². The molecule has 0 spiro atoms. The molecule has 5 nitrogen and oxygen atoms in total. The quantitative estimate of drug-likeness (QED) is 0.287. The maximum Gasteiger partial charge on any atom is 0.234 e. The topological polar surface area (TPSA) is 70.6 Å². The fourth-order valence-corrected chi connectivity index (χ4v) is 4.88. The third-order valence-electron chi connectivity index (χ3n) is 7.16. The Morgan fingerprint density at radius 1 is 0.811 bits per heavy atom. The van der Waals surface area contributed by atoms with Gasteiger partial charge in [-0.3, -0.25) is 10.2 Å². The van der Waals surface area contributed by atoms with Gasteiger partial charge in [-0.1, -0.05) is 80.5 Å². The van der Waals surface area contributed by atoms with Gasteiger partial charge in [-0.2, -0.15) is 0 Å². The van der Waals surface area contributed by atoms with Crippen LogP contribution < -0.4 is 15.6 Å². The minimum Gasteiger partial charge on any atom is -0.507 e. The summed E-state index contributed by atoms with van der Waals surface area (Å²) in [5.74, 6) is 1.36. The Labute approximate surface area is 224 Å². The molecule has 1 aliphatic heterocycles. The number of hydrazine groups is 1. The van der Waals surface area contributed by atoms with E-state index in [1.807, 2.05) is 0 Å². The molecule has 0 aromatic heterocycles. The summed E-state index contributed by atoms with van der Waals surface area (Å²) in [5, 5.41) is 10.9. The van der Waals surface area contributed by atoms with E-state index in [1.54, 1.807) is 0 Å². The summed E-state index contributed by atoms with van der Waals surface area (Å²) >= 11 is 0. The molecule has 2 aromatic carbocycles. The first-order valence-corrected chi connectivity index (χ1v) is 13.6. The Kier molecular flexibility index (Phi) is 7.83. The second-order valence-corrected chi connectivity index (χ2v) is 14.1. The third-order valence-corrected chi connectivity index (χ3v) is 7.16. The number of carbonyl (C=O) groups excluding carboxylic acids is 1. The fourth-order valence-electron chi connectivity index (χ4n) is 4.88. The number of hydrogen-bond acceptors (Lipinski definition) is 4. The van der Waals surface area contributed by atoms with Crippen LogP contribution in [0.1, 0.15) is 116 Å². The number of hydrogen-bond donors (Lipinski definition) is 3. The second kappa shape index (κ2) is 9.98. The van der Waals surface area contributed by atoms with Crippen molar-refractivity contribution in [1.29, 1.82) is 0 Å². The molecule has 0 radical (unpaired) electrons. The lowest BCUT2D eigenvalue weighted by Crippen LogP contribution is -2.39. The number of phenols is 1. The van der Waals surface area contributed by atoms with Crippen molar-refractivity contribution >= 4 is 5.91 Å². The Morgan fingerprint density at radius 3 is 1.78 bits per heavy atom. The first-order valence-electron chi connectivity index (χ1n) is 13.6. The van der Waals surface area contributed by atoms with E-state index in [4.69, 9.17) is 4.74 Å². The van der Waals surface area contributed by atoms with Crippen LogP contribution >= 0.6 is 0 Å². The number of aryl methyl sites for hydroxylation is 1. The number of nitrogens with one attached hydrogen (secondary N) is 2. The lowest BCUT2D eigenvalue weighted by Gasteiger charge is -2.42. The minimum absolute atomic E-state index is 0.00613. The summed E-state index contributed by atoms with van der Waals surface area (Å²) in [6.45, 7) is 24.1. The van der Waals surface area contributed by atoms with Gasteiger partial charge in [-0.25, -0.2) is 5.43 Å². The first kappa shape index (κ1) is 29.0. The molecule has 0 saturated carbocycles. The number of ether oxygens (including phenoxy) is 1. The van der Waals surface area contributed by atoms with Crippen LogP contribution in [0.2, 0.25) is 0 Å². The maximum absolute atomic E-state index is 12.6. The lowest BCUT2D eigenvalue weighted by molar-refractivity contribution is -0.122. The predicted molar refractivity (Wildman–Crippen MR) is 152 cm³/mol. The van der Waals surface area contributed by atoms with Crippen molar-refractivity contribution in [2.24, 2.45) is 0 Å². The molecule has 2 aromatic rings. The molecule has 0 saturated heterocycles. The number of fused-ring (bicyclic) bond motifs is 1. The van der Waals surface area contributed by atoms with Crippen molar-refractivity contribution in [2.75, 3.05) is 6.54 Å². The molecule has 3 rings (SSSR count). The van der Waals surface area contributed by atoms with Crippen LogP contribution in [0, 0.1) is 0 Å². The molecule has 37 heavy (non-hydrogen) atoms. The summed E-state index contributed by atoms with van der Waals surface area (Å²) in [5.41, 5.74) is 12.0. The van der Waals surface area contributed by atoms with Crippen molar-refractivity contribution in [3.63, 3.8) is 0 Å². The number of aromatic hydroxyl groups is 1. The Bertz CT molecular complexity index is 1120. The fraction of sp³-hybridized carbons (Fsp3) is 0.594. The largest absolute Gasteiger partial charge is 0.507 e. The van der Waals surface area contributed by atoms with E-state index in [9.17, 15) is 9.90 Å². The van der Waals surface area contributed by atoms with E-state index >= 15 is 0 Å². The molecular formula is C32H48N2O3. The second-order valence-electron chi connectivity index (χ2n) is 14.1. The number of rotatable bonds is 7. The molecule has 0 bridgehead atoms. The van der Waals surface area contributed by atoms with Crippen molar-refractivity contribution in [2.45, 2.75) is 117 Å². The van der Waals surface area contributed by atoms with Gasteiger partial charge < -0.3 is 9.84 Å². The Hall–Kier alpha value is -2.53. The Balaban J connectivity index is 1.59. The summed E-state index contributed by atoms with van der Waals surface area (Å²) in [6.07, 6.45) is 1.81. The van der Waals surface area contributed by atoms with Crippen molar-refractivity contribution in [3.05, 3.63) is 57.6 Å². The van der Waals surface area contributed by atoms with Crippen molar-refractivity contribution < 1.29 is 14.6 Å². The third kappa shape index (κ3) is 6.67. The normalized spacial score (nSPS) is 15.0. The van der Waals surface area contributed by atoms with Gasteiger partial charge >= 0.3 is 0 Å².